The Kier molecular flexibility index (Phi) is 4.61. The van der Waals surface area contributed by atoms with Crippen molar-refractivity contribution in [3.05, 3.63) is 94.8 Å². The lowest BCUT2D eigenvalue weighted by molar-refractivity contribution is -0.123. The van der Waals surface area contributed by atoms with Crippen LogP contribution in [-0.4, -0.2) is 26.0 Å². The molecule has 0 N–H and O–H groups in total. The van der Waals surface area contributed by atoms with Gasteiger partial charge in [-0.3, -0.25) is 14.5 Å². The number of sulfone groups is 1. The third kappa shape index (κ3) is 2.79. The molecular weight excluding hydrogens is 455 g/mol. The van der Waals surface area contributed by atoms with E-state index in [4.69, 9.17) is 11.6 Å². The average Bonchev–Trinajstić information content (AvgIpc) is 3.11. The van der Waals surface area contributed by atoms with Crippen molar-refractivity contribution in [2.75, 3.05) is 15.6 Å². The van der Waals surface area contributed by atoms with Crippen LogP contribution in [0.5, 0.6) is 0 Å². The number of halogens is 2. The molecule has 2 heterocycles. The van der Waals surface area contributed by atoms with E-state index < -0.39 is 38.1 Å². The first-order chi connectivity index (χ1) is 15.3. The molecule has 1 saturated heterocycles. The number of carbonyl (C=O) groups is 2. The normalized spacial score (nSPS) is 21.4. The van der Waals surface area contributed by atoms with Crippen molar-refractivity contribution in [1.29, 1.82) is 0 Å². The van der Waals surface area contributed by atoms with Gasteiger partial charge in [0.05, 0.1) is 12.2 Å². The zero-order valence-corrected chi connectivity index (χ0v) is 18.1. The van der Waals surface area contributed by atoms with Crippen LogP contribution in [-0.2, 0) is 30.8 Å². The molecule has 9 heteroatoms. The summed E-state index contributed by atoms with van der Waals surface area (Å²) in [5, 5.41) is 0.296. The number of benzene rings is 3. The van der Waals surface area contributed by atoms with Gasteiger partial charge in [0.15, 0.2) is 9.84 Å². The fourth-order valence-corrected chi connectivity index (χ4v) is 6.70. The van der Waals surface area contributed by atoms with E-state index in [9.17, 15) is 22.4 Å². The molecule has 6 nitrogen and oxygen atoms in total. The van der Waals surface area contributed by atoms with Crippen molar-refractivity contribution < 1.29 is 22.4 Å². The Bertz CT molecular complexity index is 1390. The fraction of sp³-hybridized carbons (Fsp3) is 0.130. The number of nitrogens with zero attached hydrogens (tertiary/aromatic N) is 2. The van der Waals surface area contributed by atoms with Crippen molar-refractivity contribution in [2.45, 2.75) is 11.4 Å². The van der Waals surface area contributed by atoms with E-state index >= 15 is 0 Å². The van der Waals surface area contributed by atoms with E-state index in [-0.39, 0.29) is 17.8 Å². The van der Waals surface area contributed by atoms with Gasteiger partial charge in [-0.15, -0.1) is 0 Å². The van der Waals surface area contributed by atoms with Crippen molar-refractivity contribution in [2.24, 2.45) is 0 Å². The molecule has 0 radical (unpaired) electrons. The summed E-state index contributed by atoms with van der Waals surface area (Å²) in [5.74, 6) is -2.79. The van der Waals surface area contributed by atoms with Crippen molar-refractivity contribution >= 4 is 44.6 Å². The maximum Gasteiger partial charge on any atom is 0.274 e. The molecule has 0 bridgehead atoms. The summed E-state index contributed by atoms with van der Waals surface area (Å²) in [6.07, 6.45) is 0. The molecule has 1 fully saturated rings. The third-order valence-corrected chi connectivity index (χ3v) is 8.06. The van der Waals surface area contributed by atoms with E-state index in [1.807, 2.05) is 0 Å². The quantitative estimate of drug-likeness (QED) is 0.585. The molecule has 0 aromatic heterocycles. The smallest absolute Gasteiger partial charge is 0.274 e. The summed E-state index contributed by atoms with van der Waals surface area (Å²) in [6.45, 7) is -0.0531. The van der Waals surface area contributed by atoms with Gasteiger partial charge in [0.1, 0.15) is 11.6 Å². The highest BCUT2D eigenvalue weighted by molar-refractivity contribution is 7.94. The Labute approximate surface area is 188 Å². The summed E-state index contributed by atoms with van der Waals surface area (Å²) in [4.78, 5) is 27.0. The second-order valence-corrected chi connectivity index (χ2v) is 10.2. The predicted molar refractivity (Wildman–Crippen MR) is 118 cm³/mol. The largest absolute Gasteiger partial charge is 0.304 e. The van der Waals surface area contributed by atoms with E-state index in [1.54, 1.807) is 36.4 Å². The van der Waals surface area contributed by atoms with Crippen molar-refractivity contribution in [3.8, 4) is 0 Å². The Morgan fingerprint density at radius 2 is 1.72 bits per heavy atom. The predicted octanol–water partition coefficient (Wildman–Crippen LogP) is 3.64. The zero-order chi connectivity index (χ0) is 22.7. The van der Waals surface area contributed by atoms with Crippen LogP contribution in [0, 0.1) is 5.82 Å². The molecule has 2 aliphatic heterocycles. The van der Waals surface area contributed by atoms with E-state index in [0.29, 0.717) is 16.3 Å². The molecule has 1 atom stereocenters. The Hall–Kier alpha value is -3.23. The van der Waals surface area contributed by atoms with Crippen LogP contribution in [0.3, 0.4) is 0 Å². The molecule has 3 aromatic carbocycles. The van der Waals surface area contributed by atoms with Gasteiger partial charge in [-0.2, -0.15) is 0 Å². The topological polar surface area (TPSA) is 74.8 Å². The van der Waals surface area contributed by atoms with E-state index in [0.717, 1.165) is 4.90 Å². The second kappa shape index (κ2) is 7.15. The highest BCUT2D eigenvalue weighted by Gasteiger charge is 2.69. The Balaban J connectivity index is 1.74. The van der Waals surface area contributed by atoms with Crippen LogP contribution >= 0.6 is 11.6 Å². The van der Waals surface area contributed by atoms with Gasteiger partial charge in [-0.05, 0) is 42.0 Å². The second-order valence-electron chi connectivity index (χ2n) is 7.65. The number of hydrogen-bond donors (Lipinski definition) is 0. The lowest BCUT2D eigenvalue weighted by atomic mass is 10.0. The highest BCUT2D eigenvalue weighted by atomic mass is 35.5. The minimum atomic E-state index is -4.27. The Morgan fingerprint density at radius 1 is 0.969 bits per heavy atom. The summed E-state index contributed by atoms with van der Waals surface area (Å²) in [5.41, 5.74) is 1.24. The highest BCUT2D eigenvalue weighted by Crippen LogP contribution is 2.52. The van der Waals surface area contributed by atoms with Gasteiger partial charge in [0, 0.05) is 16.3 Å². The number of hydrogen-bond acceptors (Lipinski definition) is 4. The van der Waals surface area contributed by atoms with Crippen LogP contribution in [0.25, 0.3) is 0 Å². The first-order valence-electron chi connectivity index (χ1n) is 9.72. The molecule has 2 aliphatic rings. The van der Waals surface area contributed by atoms with Gasteiger partial charge in [0.25, 0.3) is 10.8 Å². The van der Waals surface area contributed by atoms with Gasteiger partial charge >= 0.3 is 0 Å². The van der Waals surface area contributed by atoms with Gasteiger partial charge in [-0.1, -0.05) is 48.0 Å². The number of anilines is 2. The lowest BCUT2D eigenvalue weighted by Gasteiger charge is -2.32. The third-order valence-electron chi connectivity index (χ3n) is 5.72. The van der Waals surface area contributed by atoms with Crippen LogP contribution in [0.1, 0.15) is 11.1 Å². The maximum absolute atomic E-state index is 13.9. The molecule has 162 valence electrons. The minimum Gasteiger partial charge on any atom is -0.304 e. The molecule has 2 amide bonds. The van der Waals surface area contributed by atoms with E-state index in [1.165, 1.54) is 41.3 Å². The van der Waals surface area contributed by atoms with Gasteiger partial charge in [-0.25, -0.2) is 12.8 Å². The SMILES string of the molecule is O=C1CS(=O)(=O)[C@@]2(C(=O)N(Cc3cccc(F)c3)c3ccccc32)N1c1cccc(Cl)c1. The van der Waals surface area contributed by atoms with Gasteiger partial charge in [0.2, 0.25) is 5.91 Å². The lowest BCUT2D eigenvalue weighted by Crippen LogP contribution is -2.54. The monoisotopic (exact) mass is 470 g/mol. The first kappa shape index (κ1) is 20.7. The van der Waals surface area contributed by atoms with E-state index in [2.05, 4.69) is 0 Å². The average molecular weight is 471 g/mol. The minimum absolute atomic E-state index is 0.0531. The summed E-state index contributed by atoms with van der Waals surface area (Å²) < 4.78 is 40.7. The maximum atomic E-state index is 13.9. The number of rotatable bonds is 3. The van der Waals surface area contributed by atoms with Crippen molar-refractivity contribution in [3.63, 3.8) is 0 Å². The van der Waals surface area contributed by atoms with Crippen LogP contribution in [0.15, 0.2) is 72.8 Å². The summed E-state index contributed by atoms with van der Waals surface area (Å²) in [6, 6.07) is 18.3. The molecule has 0 unspecified atom stereocenters. The number of para-hydroxylation sites is 1. The zero-order valence-electron chi connectivity index (χ0n) is 16.5. The summed E-state index contributed by atoms with van der Waals surface area (Å²) in [7, 11) is -4.27. The van der Waals surface area contributed by atoms with Gasteiger partial charge < -0.3 is 4.90 Å². The van der Waals surface area contributed by atoms with Crippen LogP contribution < -0.4 is 9.80 Å². The fourth-order valence-electron chi connectivity index (χ4n) is 4.48. The Morgan fingerprint density at radius 3 is 2.47 bits per heavy atom. The number of fused-ring (bicyclic) bond motifs is 2. The molecule has 3 aromatic rings. The molecular formula is C23H16ClFN2O4S. The number of amides is 2. The molecule has 32 heavy (non-hydrogen) atoms. The molecule has 1 spiro atoms. The van der Waals surface area contributed by atoms with Crippen molar-refractivity contribution in [1.82, 2.24) is 0 Å². The standard InChI is InChI=1S/C23H16ClFN2O4S/c24-16-6-4-8-18(12-16)27-21(28)14-32(30,31)23(27)19-9-1-2-10-20(19)26(22(23)29)13-15-5-3-7-17(25)11-15/h1-12H,13-14H2/t23-/m0/s1. The molecule has 0 saturated carbocycles. The first-order valence-corrected chi connectivity index (χ1v) is 11.8. The molecule has 0 aliphatic carbocycles. The summed E-state index contributed by atoms with van der Waals surface area (Å²) >= 11 is 6.11. The number of carbonyl (C=O) groups excluding carboxylic acids is 2. The van der Waals surface area contributed by atoms with Crippen LogP contribution in [0.2, 0.25) is 5.02 Å². The molecule has 5 rings (SSSR count). The van der Waals surface area contributed by atoms with Crippen LogP contribution in [0.4, 0.5) is 15.8 Å².